The molecule has 4 nitrogen and oxygen atoms in total. The summed E-state index contributed by atoms with van der Waals surface area (Å²) < 4.78 is 0. The molecule has 1 heterocycles. The van der Waals surface area contributed by atoms with Gasteiger partial charge in [0.05, 0.1) is 5.69 Å². The van der Waals surface area contributed by atoms with Crippen molar-refractivity contribution in [3.8, 4) is 0 Å². The van der Waals surface area contributed by atoms with Gasteiger partial charge < -0.3 is 4.90 Å². The highest BCUT2D eigenvalue weighted by atomic mass is 35.5. The molecule has 24 heavy (non-hydrogen) atoms. The molecule has 0 N–H and O–H groups in total. The summed E-state index contributed by atoms with van der Waals surface area (Å²) in [7, 11) is 0. The average Bonchev–Trinajstić information content (AvgIpc) is 2.60. The van der Waals surface area contributed by atoms with Gasteiger partial charge in [-0.2, -0.15) is 0 Å². The third-order valence-electron chi connectivity index (χ3n) is 4.26. The highest BCUT2D eigenvalue weighted by Gasteiger charge is 2.23. The van der Waals surface area contributed by atoms with Gasteiger partial charge in [0.15, 0.2) is 0 Å². The van der Waals surface area contributed by atoms with Gasteiger partial charge in [-0.05, 0) is 48.9 Å². The lowest BCUT2D eigenvalue weighted by atomic mass is 10.1. The number of amides is 1. The number of halogens is 2. The van der Waals surface area contributed by atoms with Crippen molar-refractivity contribution in [3.05, 3.63) is 58.1 Å². The summed E-state index contributed by atoms with van der Waals surface area (Å²) in [6.45, 7) is 5.27. The van der Waals surface area contributed by atoms with Crippen molar-refractivity contribution in [1.82, 2.24) is 5.01 Å². The highest BCUT2D eigenvalue weighted by Crippen LogP contribution is 2.26. The Morgan fingerprint density at radius 1 is 0.958 bits per heavy atom. The predicted molar refractivity (Wildman–Crippen MR) is 100.0 cm³/mol. The summed E-state index contributed by atoms with van der Waals surface area (Å²) in [6, 6.07) is 13.2. The lowest BCUT2D eigenvalue weighted by Crippen LogP contribution is -2.53. The number of benzene rings is 2. The van der Waals surface area contributed by atoms with E-state index in [1.54, 1.807) is 17.1 Å². The molecule has 6 heteroatoms. The molecule has 0 aliphatic carbocycles. The molecule has 1 aliphatic heterocycles. The normalized spacial score (nSPS) is 15.4. The molecule has 1 aliphatic rings. The van der Waals surface area contributed by atoms with Crippen LogP contribution in [0.5, 0.6) is 0 Å². The standard InChI is InChI=1S/C18H19Cl2N3O/c1-14-2-3-16(20)12-18(14)21-8-10-22(11-9-21)23(13-24)17-6-4-15(19)5-7-17/h2-7,12-13H,8-11H2,1H3. The molecule has 126 valence electrons. The Labute approximate surface area is 152 Å². The van der Waals surface area contributed by atoms with Gasteiger partial charge in [-0.25, -0.2) is 10.0 Å². The fraction of sp³-hybridized carbons (Fsp3) is 0.278. The molecule has 0 atom stereocenters. The van der Waals surface area contributed by atoms with E-state index in [0.717, 1.165) is 49.0 Å². The van der Waals surface area contributed by atoms with Gasteiger partial charge in [-0.15, -0.1) is 0 Å². The first-order valence-corrected chi connectivity index (χ1v) is 8.60. The van der Waals surface area contributed by atoms with E-state index in [2.05, 4.69) is 11.8 Å². The average molecular weight is 364 g/mol. The first-order chi connectivity index (χ1) is 11.6. The third-order valence-corrected chi connectivity index (χ3v) is 4.75. The Morgan fingerprint density at radius 3 is 2.21 bits per heavy atom. The summed E-state index contributed by atoms with van der Waals surface area (Å²) in [5.74, 6) is 0. The quantitative estimate of drug-likeness (QED) is 0.768. The molecular formula is C18H19Cl2N3O. The van der Waals surface area contributed by atoms with Crippen LogP contribution in [-0.2, 0) is 4.79 Å². The summed E-state index contributed by atoms with van der Waals surface area (Å²) in [6.07, 6.45) is 0.851. The minimum atomic E-state index is 0.658. The molecule has 1 saturated heterocycles. The number of carbonyl (C=O) groups excluding carboxylic acids is 1. The van der Waals surface area contributed by atoms with Crippen LogP contribution in [0.1, 0.15) is 5.56 Å². The van der Waals surface area contributed by atoms with Gasteiger partial charge in [-0.3, -0.25) is 4.79 Å². The molecule has 2 aromatic rings. The van der Waals surface area contributed by atoms with E-state index in [-0.39, 0.29) is 0 Å². The highest BCUT2D eigenvalue weighted by molar-refractivity contribution is 6.31. The van der Waals surface area contributed by atoms with Crippen molar-refractivity contribution in [2.24, 2.45) is 0 Å². The molecule has 3 rings (SSSR count). The van der Waals surface area contributed by atoms with E-state index in [1.807, 2.05) is 35.3 Å². The molecule has 0 bridgehead atoms. The van der Waals surface area contributed by atoms with Crippen LogP contribution in [0.2, 0.25) is 10.0 Å². The van der Waals surface area contributed by atoms with Gasteiger partial charge in [0.25, 0.3) is 0 Å². The van der Waals surface area contributed by atoms with Crippen LogP contribution in [0.25, 0.3) is 0 Å². The lowest BCUT2D eigenvalue weighted by molar-refractivity contribution is -0.110. The Morgan fingerprint density at radius 2 is 1.58 bits per heavy atom. The second-order valence-electron chi connectivity index (χ2n) is 5.80. The first kappa shape index (κ1) is 17.1. The topological polar surface area (TPSA) is 26.8 Å². The molecular weight excluding hydrogens is 345 g/mol. The number of piperazine rings is 1. The molecule has 0 spiro atoms. The van der Waals surface area contributed by atoms with E-state index in [9.17, 15) is 4.79 Å². The fourth-order valence-electron chi connectivity index (χ4n) is 2.96. The van der Waals surface area contributed by atoms with Crippen LogP contribution in [0.4, 0.5) is 11.4 Å². The maximum absolute atomic E-state index is 11.6. The summed E-state index contributed by atoms with van der Waals surface area (Å²) >= 11 is 12.0. The molecule has 0 saturated carbocycles. The van der Waals surface area contributed by atoms with Gasteiger partial charge in [-0.1, -0.05) is 29.3 Å². The Hall–Kier alpha value is -1.75. The molecule has 0 radical (unpaired) electrons. The molecule has 0 aromatic heterocycles. The van der Waals surface area contributed by atoms with E-state index in [1.165, 1.54) is 5.56 Å². The van der Waals surface area contributed by atoms with Crippen LogP contribution < -0.4 is 9.91 Å². The smallest absolute Gasteiger partial charge is 0.228 e. The second kappa shape index (κ2) is 7.43. The van der Waals surface area contributed by atoms with E-state index < -0.39 is 0 Å². The Bertz CT molecular complexity index is 713. The van der Waals surface area contributed by atoms with Crippen LogP contribution in [0.3, 0.4) is 0 Å². The largest absolute Gasteiger partial charge is 0.369 e. The summed E-state index contributed by atoms with van der Waals surface area (Å²) in [5, 5.41) is 5.10. The van der Waals surface area contributed by atoms with Crippen molar-refractivity contribution >= 4 is 41.0 Å². The SMILES string of the molecule is Cc1ccc(Cl)cc1N1CCN(N(C=O)c2ccc(Cl)cc2)CC1. The Kier molecular flexibility index (Phi) is 5.29. The molecule has 1 fully saturated rings. The maximum atomic E-state index is 11.6. The van der Waals surface area contributed by atoms with Crippen LogP contribution in [-0.4, -0.2) is 37.6 Å². The van der Waals surface area contributed by atoms with Crippen LogP contribution in [0, 0.1) is 6.92 Å². The number of aryl methyl sites for hydroxylation is 1. The van der Waals surface area contributed by atoms with Crippen molar-refractivity contribution in [3.63, 3.8) is 0 Å². The number of rotatable bonds is 4. The molecule has 2 aromatic carbocycles. The van der Waals surface area contributed by atoms with Crippen molar-refractivity contribution < 1.29 is 4.79 Å². The zero-order valence-electron chi connectivity index (χ0n) is 13.5. The first-order valence-electron chi connectivity index (χ1n) is 7.84. The third kappa shape index (κ3) is 3.66. The minimum absolute atomic E-state index is 0.658. The zero-order chi connectivity index (χ0) is 17.1. The van der Waals surface area contributed by atoms with Crippen LogP contribution in [0.15, 0.2) is 42.5 Å². The zero-order valence-corrected chi connectivity index (χ0v) is 15.0. The monoisotopic (exact) mass is 363 g/mol. The predicted octanol–water partition coefficient (Wildman–Crippen LogP) is 4.00. The maximum Gasteiger partial charge on any atom is 0.228 e. The number of hydrogen-bond donors (Lipinski definition) is 0. The van der Waals surface area contributed by atoms with Crippen molar-refractivity contribution in [2.75, 3.05) is 36.1 Å². The summed E-state index contributed by atoms with van der Waals surface area (Å²) in [5.41, 5.74) is 3.19. The number of carbonyl (C=O) groups is 1. The number of hydrogen-bond acceptors (Lipinski definition) is 3. The Balaban J connectivity index is 1.70. The van der Waals surface area contributed by atoms with Crippen molar-refractivity contribution in [1.29, 1.82) is 0 Å². The minimum Gasteiger partial charge on any atom is -0.369 e. The van der Waals surface area contributed by atoms with E-state index in [0.29, 0.717) is 5.02 Å². The summed E-state index contributed by atoms with van der Waals surface area (Å²) in [4.78, 5) is 13.9. The van der Waals surface area contributed by atoms with Gasteiger partial charge in [0, 0.05) is 41.9 Å². The number of hydrazine groups is 1. The van der Waals surface area contributed by atoms with Gasteiger partial charge in [0.2, 0.25) is 6.41 Å². The number of nitrogens with zero attached hydrogens (tertiary/aromatic N) is 3. The van der Waals surface area contributed by atoms with Gasteiger partial charge in [0.1, 0.15) is 0 Å². The lowest BCUT2D eigenvalue weighted by Gasteiger charge is -2.40. The van der Waals surface area contributed by atoms with E-state index >= 15 is 0 Å². The van der Waals surface area contributed by atoms with Crippen molar-refractivity contribution in [2.45, 2.75) is 6.92 Å². The van der Waals surface area contributed by atoms with Gasteiger partial charge >= 0.3 is 0 Å². The van der Waals surface area contributed by atoms with E-state index in [4.69, 9.17) is 23.2 Å². The second-order valence-corrected chi connectivity index (χ2v) is 6.67. The van der Waals surface area contributed by atoms with Crippen LogP contribution >= 0.6 is 23.2 Å². The number of anilines is 2. The molecule has 1 amide bonds. The fourth-order valence-corrected chi connectivity index (χ4v) is 3.25. The molecule has 0 unspecified atom stereocenters.